The minimum Gasteiger partial charge on any atom is -0.489 e. The quantitative estimate of drug-likeness (QED) is 0.582. The summed E-state index contributed by atoms with van der Waals surface area (Å²) in [6.45, 7) is 6.41. The van der Waals surface area contributed by atoms with Crippen molar-refractivity contribution in [1.82, 2.24) is 15.2 Å². The average Bonchev–Trinajstić information content (AvgIpc) is 3.43. The zero-order valence-corrected chi connectivity index (χ0v) is 17.0. The van der Waals surface area contributed by atoms with E-state index in [1.165, 1.54) is 12.8 Å². The lowest BCUT2D eigenvalue weighted by Crippen LogP contribution is -2.33. The zero-order valence-electron chi connectivity index (χ0n) is 17.0. The van der Waals surface area contributed by atoms with Crippen LogP contribution < -0.4 is 10.1 Å². The van der Waals surface area contributed by atoms with Crippen LogP contribution in [-0.2, 0) is 13.2 Å². The fourth-order valence-corrected chi connectivity index (χ4v) is 3.87. The van der Waals surface area contributed by atoms with Crippen molar-refractivity contribution in [1.29, 1.82) is 0 Å². The third-order valence-electron chi connectivity index (χ3n) is 5.41. The predicted molar refractivity (Wildman–Crippen MR) is 114 cm³/mol. The van der Waals surface area contributed by atoms with Gasteiger partial charge in [-0.3, -0.25) is 9.88 Å². The van der Waals surface area contributed by atoms with E-state index in [0.29, 0.717) is 6.61 Å². The number of pyridine rings is 1. The summed E-state index contributed by atoms with van der Waals surface area (Å²) in [5, 5.41) is 3.63. The molecule has 0 bridgehead atoms. The number of benzene rings is 1. The number of nitrogens with one attached hydrogen (secondary N) is 1. The molecule has 1 fully saturated rings. The Kier molecular flexibility index (Phi) is 6.60. The largest absolute Gasteiger partial charge is 0.489 e. The molecule has 5 nitrogen and oxygen atoms in total. The number of rotatable bonds is 9. The maximum Gasteiger partial charge on any atom is 0.124 e. The van der Waals surface area contributed by atoms with Crippen LogP contribution in [0.3, 0.4) is 0 Å². The molecule has 5 heteroatoms. The van der Waals surface area contributed by atoms with E-state index in [0.717, 1.165) is 54.6 Å². The van der Waals surface area contributed by atoms with E-state index in [9.17, 15) is 0 Å². The topological polar surface area (TPSA) is 50.5 Å². The highest BCUT2D eigenvalue weighted by atomic mass is 16.5. The Morgan fingerprint density at radius 3 is 2.72 bits per heavy atom. The number of likely N-dealkylation sites (tertiary alicyclic amines) is 1. The van der Waals surface area contributed by atoms with Crippen molar-refractivity contribution in [2.24, 2.45) is 0 Å². The van der Waals surface area contributed by atoms with Crippen LogP contribution in [0, 0.1) is 6.92 Å². The fraction of sp³-hybridized carbons (Fsp3) is 0.375. The maximum absolute atomic E-state index is 6.06. The van der Waals surface area contributed by atoms with Crippen molar-refractivity contribution < 1.29 is 9.15 Å². The van der Waals surface area contributed by atoms with Crippen LogP contribution in [0.15, 0.2) is 65.3 Å². The van der Waals surface area contributed by atoms with E-state index < -0.39 is 0 Å². The van der Waals surface area contributed by atoms with Gasteiger partial charge in [0.1, 0.15) is 23.9 Å². The van der Waals surface area contributed by atoms with E-state index in [1.807, 2.05) is 37.4 Å². The Hall–Kier alpha value is -2.63. The van der Waals surface area contributed by atoms with Gasteiger partial charge in [0.15, 0.2) is 0 Å². The molecule has 1 aliphatic rings. The number of aromatic nitrogens is 1. The van der Waals surface area contributed by atoms with Gasteiger partial charge >= 0.3 is 0 Å². The highest BCUT2D eigenvalue weighted by Crippen LogP contribution is 2.26. The number of furan rings is 1. The van der Waals surface area contributed by atoms with Gasteiger partial charge in [0.25, 0.3) is 0 Å². The van der Waals surface area contributed by atoms with E-state index in [1.54, 1.807) is 6.20 Å². The van der Waals surface area contributed by atoms with Crippen molar-refractivity contribution in [2.75, 3.05) is 19.6 Å². The monoisotopic (exact) mass is 391 g/mol. The molecule has 2 aromatic heterocycles. The first kappa shape index (κ1) is 19.7. The second kappa shape index (κ2) is 9.72. The van der Waals surface area contributed by atoms with Gasteiger partial charge in [-0.2, -0.15) is 0 Å². The van der Waals surface area contributed by atoms with Crippen molar-refractivity contribution in [3.63, 3.8) is 0 Å². The minimum absolute atomic E-state index is 0.273. The second-order valence-electron chi connectivity index (χ2n) is 7.60. The molecule has 0 aliphatic carbocycles. The molecule has 1 aromatic carbocycles. The Morgan fingerprint density at radius 1 is 1.10 bits per heavy atom. The van der Waals surface area contributed by atoms with Gasteiger partial charge in [0.05, 0.1) is 6.04 Å². The van der Waals surface area contributed by atoms with Gasteiger partial charge < -0.3 is 14.5 Å². The molecule has 3 aromatic rings. The summed E-state index contributed by atoms with van der Waals surface area (Å²) in [5.41, 5.74) is 2.23. The van der Waals surface area contributed by atoms with Gasteiger partial charge in [-0.15, -0.1) is 0 Å². The smallest absolute Gasteiger partial charge is 0.124 e. The molecule has 152 valence electrons. The summed E-state index contributed by atoms with van der Waals surface area (Å²) in [6, 6.07) is 16.6. The third-order valence-corrected chi connectivity index (χ3v) is 5.41. The lowest BCUT2D eigenvalue weighted by Gasteiger charge is -2.26. The van der Waals surface area contributed by atoms with Crippen LogP contribution in [0.2, 0.25) is 0 Å². The molecular weight excluding hydrogens is 362 g/mol. The molecule has 0 amide bonds. The normalized spacial score (nSPS) is 15.5. The summed E-state index contributed by atoms with van der Waals surface area (Å²) in [5.74, 6) is 2.94. The van der Waals surface area contributed by atoms with Gasteiger partial charge in [0.2, 0.25) is 0 Å². The first-order valence-electron chi connectivity index (χ1n) is 10.4. The SMILES string of the molecule is Cc1ccc(C(CNCc2ccccc2OCc2cccnc2)N2CCCC2)o1. The summed E-state index contributed by atoms with van der Waals surface area (Å²) < 4.78 is 12.0. The van der Waals surface area contributed by atoms with E-state index >= 15 is 0 Å². The first-order valence-corrected chi connectivity index (χ1v) is 10.4. The lowest BCUT2D eigenvalue weighted by molar-refractivity contribution is 0.207. The van der Waals surface area contributed by atoms with Crippen LogP contribution in [0.25, 0.3) is 0 Å². The minimum atomic E-state index is 0.273. The van der Waals surface area contributed by atoms with Gasteiger partial charge in [-0.05, 0) is 57.1 Å². The Morgan fingerprint density at radius 2 is 1.97 bits per heavy atom. The number of hydrogen-bond acceptors (Lipinski definition) is 5. The lowest BCUT2D eigenvalue weighted by atomic mass is 10.1. The Labute approximate surface area is 172 Å². The molecule has 3 heterocycles. The van der Waals surface area contributed by atoms with Crippen molar-refractivity contribution in [2.45, 2.75) is 39.0 Å². The standard InChI is InChI=1S/C24H29N3O2/c1-19-10-11-24(29-19)22(27-13-4-5-14-27)17-26-16-21-8-2-3-9-23(21)28-18-20-7-6-12-25-15-20/h2-3,6-12,15,22,26H,4-5,13-14,16-18H2,1H3. The molecule has 0 spiro atoms. The van der Waals surface area contributed by atoms with Crippen molar-refractivity contribution in [3.8, 4) is 5.75 Å². The molecule has 4 rings (SSSR count). The van der Waals surface area contributed by atoms with Crippen LogP contribution in [0.4, 0.5) is 0 Å². The summed E-state index contributed by atoms with van der Waals surface area (Å²) >= 11 is 0. The first-order chi connectivity index (χ1) is 14.3. The maximum atomic E-state index is 6.06. The molecule has 1 atom stereocenters. The fourth-order valence-electron chi connectivity index (χ4n) is 3.87. The number of ether oxygens (including phenoxy) is 1. The zero-order chi connectivity index (χ0) is 19.9. The van der Waals surface area contributed by atoms with E-state index in [4.69, 9.17) is 9.15 Å². The number of hydrogen-bond donors (Lipinski definition) is 1. The molecule has 1 aliphatic heterocycles. The second-order valence-corrected chi connectivity index (χ2v) is 7.60. The average molecular weight is 392 g/mol. The molecule has 0 saturated carbocycles. The van der Waals surface area contributed by atoms with Crippen LogP contribution in [0.5, 0.6) is 5.75 Å². The Bertz CT molecular complexity index is 888. The molecular formula is C24H29N3O2. The van der Waals surface area contributed by atoms with E-state index in [2.05, 4.69) is 39.5 Å². The summed E-state index contributed by atoms with van der Waals surface area (Å²) in [6.07, 6.45) is 6.15. The van der Waals surface area contributed by atoms with Crippen molar-refractivity contribution >= 4 is 0 Å². The van der Waals surface area contributed by atoms with Crippen LogP contribution in [-0.4, -0.2) is 29.5 Å². The number of nitrogens with zero attached hydrogens (tertiary/aromatic N) is 2. The van der Waals surface area contributed by atoms with Crippen LogP contribution >= 0.6 is 0 Å². The van der Waals surface area contributed by atoms with Gasteiger partial charge in [-0.1, -0.05) is 24.3 Å². The molecule has 1 unspecified atom stereocenters. The molecule has 29 heavy (non-hydrogen) atoms. The molecule has 1 N–H and O–H groups in total. The van der Waals surface area contributed by atoms with E-state index in [-0.39, 0.29) is 6.04 Å². The predicted octanol–water partition coefficient (Wildman–Crippen LogP) is 4.49. The third kappa shape index (κ3) is 5.25. The Balaban J connectivity index is 1.37. The number of aryl methyl sites for hydroxylation is 1. The van der Waals surface area contributed by atoms with Crippen LogP contribution in [0.1, 0.15) is 41.5 Å². The van der Waals surface area contributed by atoms with Gasteiger partial charge in [0, 0.05) is 36.6 Å². The molecule has 1 saturated heterocycles. The highest BCUT2D eigenvalue weighted by Gasteiger charge is 2.25. The summed E-state index contributed by atoms with van der Waals surface area (Å²) in [7, 11) is 0. The highest BCUT2D eigenvalue weighted by molar-refractivity contribution is 5.33. The number of para-hydroxylation sites is 1. The molecule has 0 radical (unpaired) electrons. The summed E-state index contributed by atoms with van der Waals surface area (Å²) in [4.78, 5) is 6.67. The van der Waals surface area contributed by atoms with Gasteiger partial charge in [-0.25, -0.2) is 0 Å². The van der Waals surface area contributed by atoms with Crippen molar-refractivity contribution in [3.05, 3.63) is 83.6 Å².